The molecule has 0 bridgehead atoms. The van der Waals surface area contributed by atoms with E-state index in [1.807, 2.05) is 18.2 Å². The van der Waals surface area contributed by atoms with Crippen molar-refractivity contribution in [2.24, 2.45) is 11.8 Å². The number of amides is 1. The summed E-state index contributed by atoms with van der Waals surface area (Å²) >= 11 is 0. The standard InChI is InChI=1S/C22H22N4O/c1-13-7-15-10-21-17(18(15)8-16(13)11-23)3-2-6-26(21)22(27)14-4-5-19-20(9-14)25-12-24-19/h4-5,8-9,12-13,17,21H,2-3,6-7,10H2,1H3,(H,24,25)/t13?,17-,21+/m1/s1. The van der Waals surface area contributed by atoms with E-state index in [9.17, 15) is 10.1 Å². The zero-order chi connectivity index (χ0) is 18.5. The quantitative estimate of drug-likeness (QED) is 0.838. The van der Waals surface area contributed by atoms with E-state index in [4.69, 9.17) is 0 Å². The number of aromatic nitrogens is 2. The van der Waals surface area contributed by atoms with Crippen molar-refractivity contribution in [3.05, 3.63) is 52.9 Å². The van der Waals surface area contributed by atoms with Crippen LogP contribution in [0.25, 0.3) is 11.0 Å². The Labute approximate surface area is 158 Å². The molecule has 2 aromatic rings. The van der Waals surface area contributed by atoms with E-state index in [1.54, 1.807) is 6.33 Å². The van der Waals surface area contributed by atoms with E-state index in [1.165, 1.54) is 11.1 Å². The molecule has 1 aliphatic heterocycles. The van der Waals surface area contributed by atoms with Gasteiger partial charge in [-0.15, -0.1) is 0 Å². The van der Waals surface area contributed by atoms with Crippen LogP contribution in [-0.4, -0.2) is 33.4 Å². The summed E-state index contributed by atoms with van der Waals surface area (Å²) < 4.78 is 0. The molecule has 5 nitrogen and oxygen atoms in total. The Bertz CT molecular complexity index is 1040. The van der Waals surface area contributed by atoms with Crippen molar-refractivity contribution >= 4 is 16.9 Å². The lowest BCUT2D eigenvalue weighted by Gasteiger charge is -2.38. The summed E-state index contributed by atoms with van der Waals surface area (Å²) in [5.74, 6) is 0.781. The van der Waals surface area contributed by atoms with E-state index < -0.39 is 0 Å². The van der Waals surface area contributed by atoms with Gasteiger partial charge in [0, 0.05) is 29.6 Å². The van der Waals surface area contributed by atoms with Crippen LogP contribution in [0, 0.1) is 23.2 Å². The van der Waals surface area contributed by atoms with Gasteiger partial charge in [0.15, 0.2) is 0 Å². The number of hydrogen-bond donors (Lipinski definition) is 1. The average Bonchev–Trinajstić information content (AvgIpc) is 3.29. The normalized spacial score (nSPS) is 27.2. The Morgan fingerprint density at radius 3 is 3.11 bits per heavy atom. The highest BCUT2D eigenvalue weighted by Crippen LogP contribution is 2.47. The smallest absolute Gasteiger partial charge is 0.254 e. The summed E-state index contributed by atoms with van der Waals surface area (Å²) in [6, 6.07) is 8.30. The number of likely N-dealkylation sites (tertiary alicyclic amines) is 1. The molecule has 1 aromatic carbocycles. The highest BCUT2D eigenvalue weighted by Gasteiger charge is 2.43. The summed E-state index contributed by atoms with van der Waals surface area (Å²) in [5.41, 5.74) is 6.19. The van der Waals surface area contributed by atoms with Crippen LogP contribution < -0.4 is 0 Å². The topological polar surface area (TPSA) is 72.8 Å². The fourth-order valence-electron chi connectivity index (χ4n) is 5.13. The van der Waals surface area contributed by atoms with Crippen LogP contribution in [0.3, 0.4) is 0 Å². The second-order valence-corrected chi connectivity index (χ2v) is 8.03. The molecule has 1 fully saturated rings. The third kappa shape index (κ3) is 2.51. The molecular formula is C22H22N4O. The molecule has 2 heterocycles. The predicted octanol–water partition coefficient (Wildman–Crippen LogP) is 3.97. The third-order valence-corrected chi connectivity index (χ3v) is 6.49. The highest BCUT2D eigenvalue weighted by atomic mass is 16.2. The first kappa shape index (κ1) is 16.3. The number of aromatic amines is 1. The number of hydrogen-bond acceptors (Lipinski definition) is 3. The number of benzene rings is 1. The number of H-pyrrole nitrogens is 1. The van der Waals surface area contributed by atoms with Crippen molar-refractivity contribution in [2.75, 3.05) is 6.54 Å². The highest BCUT2D eigenvalue weighted by molar-refractivity contribution is 5.97. The lowest BCUT2D eigenvalue weighted by Crippen LogP contribution is -2.47. The Hall–Kier alpha value is -2.87. The van der Waals surface area contributed by atoms with Gasteiger partial charge in [-0.1, -0.05) is 12.5 Å². The van der Waals surface area contributed by atoms with Crippen molar-refractivity contribution in [3.63, 3.8) is 0 Å². The molecule has 5 rings (SSSR count). The summed E-state index contributed by atoms with van der Waals surface area (Å²) in [6.45, 7) is 2.94. The van der Waals surface area contributed by atoms with E-state index in [-0.39, 0.29) is 11.9 Å². The van der Waals surface area contributed by atoms with Gasteiger partial charge in [-0.25, -0.2) is 4.98 Å². The summed E-state index contributed by atoms with van der Waals surface area (Å²) in [7, 11) is 0. The summed E-state index contributed by atoms with van der Waals surface area (Å²) in [5, 5.41) is 9.42. The lowest BCUT2D eigenvalue weighted by molar-refractivity contribution is 0.0564. The van der Waals surface area contributed by atoms with Crippen LogP contribution in [0.5, 0.6) is 0 Å². The van der Waals surface area contributed by atoms with E-state index in [0.29, 0.717) is 11.8 Å². The molecule has 3 atom stereocenters. The first-order valence-electron chi connectivity index (χ1n) is 9.73. The van der Waals surface area contributed by atoms with Crippen LogP contribution in [0.4, 0.5) is 0 Å². The van der Waals surface area contributed by atoms with Crippen molar-refractivity contribution < 1.29 is 4.79 Å². The summed E-state index contributed by atoms with van der Waals surface area (Å²) in [6.07, 6.45) is 7.82. The minimum atomic E-state index is 0.110. The minimum absolute atomic E-state index is 0.110. The van der Waals surface area contributed by atoms with Crippen molar-refractivity contribution in [1.82, 2.24) is 14.9 Å². The number of allylic oxidation sites excluding steroid dienone is 2. The molecule has 1 unspecified atom stereocenters. The van der Waals surface area contributed by atoms with Crippen molar-refractivity contribution in [2.45, 2.75) is 38.6 Å². The van der Waals surface area contributed by atoms with Gasteiger partial charge in [0.1, 0.15) is 0 Å². The van der Waals surface area contributed by atoms with Crippen LogP contribution in [-0.2, 0) is 0 Å². The first-order chi connectivity index (χ1) is 13.2. The number of fused-ring (bicyclic) bond motifs is 3. The number of imidazole rings is 1. The lowest BCUT2D eigenvalue weighted by atomic mass is 9.82. The van der Waals surface area contributed by atoms with Gasteiger partial charge < -0.3 is 9.88 Å². The average molecular weight is 358 g/mol. The maximum Gasteiger partial charge on any atom is 0.254 e. The number of nitrogens with one attached hydrogen (secondary N) is 1. The van der Waals surface area contributed by atoms with E-state index in [0.717, 1.165) is 54.4 Å². The van der Waals surface area contributed by atoms with Gasteiger partial charge in [0.05, 0.1) is 23.4 Å². The minimum Gasteiger partial charge on any atom is -0.345 e. The summed E-state index contributed by atoms with van der Waals surface area (Å²) in [4.78, 5) is 22.7. The molecular weight excluding hydrogens is 336 g/mol. The fourth-order valence-corrected chi connectivity index (χ4v) is 5.13. The Morgan fingerprint density at radius 1 is 1.37 bits per heavy atom. The molecule has 1 aromatic heterocycles. The van der Waals surface area contributed by atoms with E-state index in [2.05, 4.69) is 33.9 Å². The van der Waals surface area contributed by atoms with Gasteiger partial charge >= 0.3 is 0 Å². The molecule has 0 radical (unpaired) electrons. The Morgan fingerprint density at radius 2 is 2.26 bits per heavy atom. The van der Waals surface area contributed by atoms with Crippen molar-refractivity contribution in [1.29, 1.82) is 5.26 Å². The molecule has 5 heteroatoms. The largest absolute Gasteiger partial charge is 0.345 e. The molecule has 2 aliphatic carbocycles. The monoisotopic (exact) mass is 358 g/mol. The molecule has 27 heavy (non-hydrogen) atoms. The number of nitrogens with zero attached hydrogens (tertiary/aromatic N) is 3. The SMILES string of the molecule is CC1CC2=C(C=C1C#N)[C@H]1CCCN(C(=O)c3ccc4nc[nH]c4c3)[C@H]1C2. The third-order valence-electron chi connectivity index (χ3n) is 6.49. The van der Waals surface area contributed by atoms with Crippen LogP contribution >= 0.6 is 0 Å². The van der Waals surface area contributed by atoms with Gasteiger partial charge in [-0.2, -0.15) is 5.26 Å². The van der Waals surface area contributed by atoms with E-state index >= 15 is 0 Å². The Kier molecular flexibility index (Phi) is 3.68. The number of rotatable bonds is 1. The zero-order valence-corrected chi connectivity index (χ0v) is 15.4. The molecule has 1 saturated heterocycles. The molecule has 0 spiro atoms. The van der Waals surface area contributed by atoms with Crippen LogP contribution in [0.1, 0.15) is 43.0 Å². The molecule has 1 N–H and O–H groups in total. The number of piperidine rings is 1. The molecule has 3 aliphatic rings. The number of nitriles is 1. The van der Waals surface area contributed by atoms with Gasteiger partial charge in [-0.3, -0.25) is 4.79 Å². The predicted molar refractivity (Wildman–Crippen MR) is 103 cm³/mol. The molecule has 0 saturated carbocycles. The maximum atomic E-state index is 13.3. The number of carbonyl (C=O) groups is 1. The molecule has 136 valence electrons. The van der Waals surface area contributed by atoms with Crippen molar-refractivity contribution in [3.8, 4) is 6.07 Å². The number of carbonyl (C=O) groups excluding carboxylic acids is 1. The fraction of sp³-hybridized carbons (Fsp3) is 0.409. The first-order valence-corrected chi connectivity index (χ1v) is 9.73. The van der Waals surface area contributed by atoms with Crippen LogP contribution in [0.2, 0.25) is 0 Å². The Balaban J connectivity index is 1.45. The molecule has 1 amide bonds. The second-order valence-electron chi connectivity index (χ2n) is 8.03. The zero-order valence-electron chi connectivity index (χ0n) is 15.4. The van der Waals surface area contributed by atoms with Gasteiger partial charge in [-0.05, 0) is 61.4 Å². The second kappa shape index (κ2) is 6.09. The van der Waals surface area contributed by atoms with Crippen LogP contribution in [0.15, 0.2) is 47.3 Å². The van der Waals surface area contributed by atoms with Gasteiger partial charge in [0.2, 0.25) is 0 Å². The van der Waals surface area contributed by atoms with Gasteiger partial charge in [0.25, 0.3) is 5.91 Å². The maximum absolute atomic E-state index is 13.3.